The predicted molar refractivity (Wildman–Crippen MR) is 355 cm³/mol. The number of carboxylic acids is 1. The number of amides is 1. The van der Waals surface area contributed by atoms with Crippen molar-refractivity contribution in [1.29, 1.82) is 0 Å². The van der Waals surface area contributed by atoms with E-state index < -0.39 is 76.9 Å². The SMILES string of the molecule is CCN1\C(=C/C=C/C=C\C2=[N+](CCCCCC(=O)NCc3ccc4c(c3)Cc3cc(OCCCNc5cc(C)ccn5)ccc3CC4CC(=O)O)c3ccc4c(S(=O)(=O)O)cc(S(=O)(=O)O)cc4c3C2(C)C)C(C)(C)c2c1ccc1c(S(=O)(=O)O)cc(S(=O)(=O)O)cc21. The summed E-state index contributed by atoms with van der Waals surface area (Å²) in [4.78, 5) is 29.1. The van der Waals surface area contributed by atoms with Gasteiger partial charge in [0.1, 0.15) is 27.9 Å². The maximum atomic E-state index is 13.5. The fourth-order valence-corrected chi connectivity index (χ4v) is 16.1. The molecule has 3 aliphatic rings. The Morgan fingerprint density at radius 3 is 2.02 bits per heavy atom. The fraction of sp³-hybridized carbons (Fsp3) is 0.324. The Morgan fingerprint density at radius 1 is 0.699 bits per heavy atom. The van der Waals surface area contributed by atoms with Crippen molar-refractivity contribution in [2.45, 2.75) is 136 Å². The fourth-order valence-electron chi connectivity index (χ4n) is 13.4. The number of ether oxygens (including phenoxy) is 1. The molecule has 1 atom stereocenters. The van der Waals surface area contributed by atoms with Gasteiger partial charge >= 0.3 is 5.97 Å². The number of rotatable bonds is 24. The third kappa shape index (κ3) is 14.5. The Bertz CT molecular complexity index is 4810. The van der Waals surface area contributed by atoms with Crippen molar-refractivity contribution in [1.82, 2.24) is 10.3 Å². The standard InChI is InChI=1S/C68H73N5O16S4/c1-7-72-56-24-22-52-54(37-49(90(77,78)79)39-58(52)92(83,84)85)65(56)67(3,4)60(72)15-10-8-11-16-61-68(5,6)66-55-38-50(91(80,81)82)40-59(93(86,87)88)53(55)23-25-57(66)73(61)29-13-9-12-17-63(74)71-41-43-18-21-51-46(32-43)34-45-35-48(20-19-44(45)33-47(51)36-64(75)76)89-30-14-27-69-62-31-42(2)26-28-70-62/h8,10-11,15-16,18-26,28,31-32,35,37-40,47H,7,9,12-14,17,27,29-30,33-34,36,41H2,1-6H3,(H6-,69,70,71,74,75,76,77,78,79,80,81,82,83,84,85,86,87,88)/p+1. The summed E-state index contributed by atoms with van der Waals surface area (Å²) in [6.07, 6.45) is 14.6. The highest BCUT2D eigenvalue weighted by molar-refractivity contribution is 7.87. The summed E-state index contributed by atoms with van der Waals surface area (Å²) in [6, 6.07) is 26.0. The lowest BCUT2D eigenvalue weighted by Crippen LogP contribution is -2.28. The van der Waals surface area contributed by atoms with Gasteiger partial charge in [0.15, 0.2) is 5.71 Å². The molecule has 7 aromatic rings. The number of pyridine rings is 1. The van der Waals surface area contributed by atoms with Gasteiger partial charge < -0.3 is 25.4 Å². The van der Waals surface area contributed by atoms with Crippen molar-refractivity contribution in [2.75, 3.05) is 36.5 Å². The Morgan fingerprint density at radius 2 is 1.38 bits per heavy atom. The number of carbonyl (C=O) groups is 2. The van der Waals surface area contributed by atoms with Crippen LogP contribution < -0.4 is 20.3 Å². The molecule has 6 aromatic carbocycles. The average molecular weight is 1350 g/mol. The van der Waals surface area contributed by atoms with Gasteiger partial charge in [-0.3, -0.25) is 27.8 Å². The molecule has 0 bridgehead atoms. The Labute approximate surface area is 541 Å². The molecule has 0 fully saturated rings. The third-order valence-electron chi connectivity index (χ3n) is 17.7. The number of hydrogen-bond acceptors (Lipinski definition) is 14. The first kappa shape index (κ1) is 67.7. The predicted octanol–water partition coefficient (Wildman–Crippen LogP) is 11.3. The van der Waals surface area contributed by atoms with Crippen LogP contribution in [0, 0.1) is 6.92 Å². The van der Waals surface area contributed by atoms with Gasteiger partial charge in [0.25, 0.3) is 40.5 Å². The monoisotopic (exact) mass is 1340 g/mol. The number of benzene rings is 6. The van der Waals surface area contributed by atoms with E-state index in [2.05, 4.69) is 15.6 Å². The lowest BCUT2D eigenvalue weighted by molar-refractivity contribution is -0.438. The summed E-state index contributed by atoms with van der Waals surface area (Å²) in [7, 11) is -19.9. The molecular weight excluding hydrogens is 1270 g/mol. The largest absolute Gasteiger partial charge is 0.494 e. The molecule has 490 valence electrons. The van der Waals surface area contributed by atoms with Crippen molar-refractivity contribution in [3.05, 3.63) is 184 Å². The molecule has 1 amide bonds. The van der Waals surface area contributed by atoms with E-state index in [-0.39, 0.29) is 52.8 Å². The van der Waals surface area contributed by atoms with Gasteiger partial charge in [-0.05, 0) is 182 Å². The minimum absolute atomic E-state index is 0.0297. The van der Waals surface area contributed by atoms with Crippen LogP contribution in [0.2, 0.25) is 0 Å². The minimum atomic E-state index is -5.01. The van der Waals surface area contributed by atoms with E-state index in [0.717, 1.165) is 57.1 Å². The first-order valence-electron chi connectivity index (χ1n) is 30.4. The second-order valence-corrected chi connectivity index (χ2v) is 30.4. The van der Waals surface area contributed by atoms with E-state index in [4.69, 9.17) is 4.74 Å². The van der Waals surface area contributed by atoms with E-state index >= 15 is 0 Å². The van der Waals surface area contributed by atoms with Crippen molar-refractivity contribution < 1.29 is 75.9 Å². The van der Waals surface area contributed by atoms with Crippen LogP contribution in [-0.4, -0.2) is 110 Å². The summed E-state index contributed by atoms with van der Waals surface area (Å²) in [5, 5.41) is 16.8. The van der Waals surface area contributed by atoms with Crippen LogP contribution >= 0.6 is 0 Å². The van der Waals surface area contributed by atoms with E-state index in [1.807, 2.05) is 112 Å². The molecule has 0 saturated carbocycles. The van der Waals surface area contributed by atoms with E-state index in [1.165, 1.54) is 24.3 Å². The van der Waals surface area contributed by atoms with Crippen molar-refractivity contribution in [2.24, 2.45) is 0 Å². The molecule has 0 radical (unpaired) electrons. The molecular formula is C68H74N5O16S4+. The van der Waals surface area contributed by atoms with Crippen LogP contribution in [0.25, 0.3) is 21.5 Å². The van der Waals surface area contributed by atoms with Gasteiger partial charge in [-0.1, -0.05) is 62.4 Å². The topological polar surface area (TPSA) is 324 Å². The number of nitrogens with zero attached hydrogens (tertiary/aromatic N) is 3. The molecule has 93 heavy (non-hydrogen) atoms. The zero-order chi connectivity index (χ0) is 67.2. The zero-order valence-corrected chi connectivity index (χ0v) is 55.4. The smallest absolute Gasteiger partial charge is 0.303 e. The number of likely N-dealkylation sites (N-methyl/N-ethyl adjacent to an activating group) is 1. The highest BCUT2D eigenvalue weighted by Crippen LogP contribution is 2.52. The van der Waals surface area contributed by atoms with E-state index in [1.54, 1.807) is 36.6 Å². The zero-order valence-electron chi connectivity index (χ0n) is 52.2. The molecule has 3 heterocycles. The van der Waals surface area contributed by atoms with Gasteiger partial charge in [-0.25, -0.2) is 4.98 Å². The van der Waals surface area contributed by atoms with Crippen LogP contribution in [0.5, 0.6) is 5.75 Å². The first-order chi connectivity index (χ1) is 43.7. The average Bonchev–Trinajstić information content (AvgIpc) is 1.61. The van der Waals surface area contributed by atoms with Crippen LogP contribution in [0.3, 0.4) is 0 Å². The number of carbonyl (C=O) groups excluding carboxylic acids is 1. The maximum absolute atomic E-state index is 13.5. The van der Waals surface area contributed by atoms with E-state index in [0.29, 0.717) is 98.7 Å². The van der Waals surface area contributed by atoms with E-state index in [9.17, 15) is 66.6 Å². The lowest BCUT2D eigenvalue weighted by Gasteiger charge is -2.26. The minimum Gasteiger partial charge on any atom is -0.494 e. The van der Waals surface area contributed by atoms with Gasteiger partial charge in [-0.2, -0.15) is 38.2 Å². The molecule has 7 N–H and O–H groups in total. The molecule has 0 spiro atoms. The molecule has 10 rings (SSSR count). The highest BCUT2D eigenvalue weighted by atomic mass is 32.2. The molecule has 21 nitrogen and oxygen atoms in total. The van der Waals surface area contributed by atoms with Gasteiger partial charge in [0.05, 0.1) is 28.2 Å². The number of anilines is 2. The summed E-state index contributed by atoms with van der Waals surface area (Å²) < 4.78 is 150. The Kier molecular flexibility index (Phi) is 19.2. The van der Waals surface area contributed by atoms with Crippen LogP contribution in [0.15, 0.2) is 159 Å². The number of aryl methyl sites for hydroxylation is 1. The Hall–Kier alpha value is -8.14. The van der Waals surface area contributed by atoms with Crippen LogP contribution in [0.4, 0.5) is 17.2 Å². The number of carboxylic acid groups (broad SMARTS) is 1. The summed E-state index contributed by atoms with van der Waals surface area (Å²) in [5.41, 5.74) is 7.96. The van der Waals surface area contributed by atoms with Crippen molar-refractivity contribution >= 4 is 96.8 Å². The summed E-state index contributed by atoms with van der Waals surface area (Å²) in [5.74, 6) is 0.228. The van der Waals surface area contributed by atoms with Gasteiger partial charge in [-0.15, -0.1) is 0 Å². The molecule has 1 unspecified atom stereocenters. The lowest BCUT2D eigenvalue weighted by atomic mass is 9.79. The summed E-state index contributed by atoms with van der Waals surface area (Å²) >= 11 is 0. The Balaban J connectivity index is 0.857. The molecule has 25 heteroatoms. The quantitative estimate of drug-likeness (QED) is 0.0128. The number of aromatic nitrogens is 1. The van der Waals surface area contributed by atoms with Gasteiger partial charge in [0, 0.05) is 84.0 Å². The normalized spacial score (nSPS) is 16.6. The molecule has 1 aromatic heterocycles. The molecule has 2 aliphatic heterocycles. The number of allylic oxidation sites excluding steroid dienone is 6. The number of hydrogen-bond donors (Lipinski definition) is 7. The van der Waals surface area contributed by atoms with Crippen LogP contribution in [-0.2, 0) is 80.3 Å². The number of unbranched alkanes of at least 4 members (excludes halogenated alkanes) is 2. The van der Waals surface area contributed by atoms with Crippen molar-refractivity contribution in [3.63, 3.8) is 0 Å². The number of aliphatic carboxylic acids is 1. The second kappa shape index (κ2) is 26.3. The highest BCUT2D eigenvalue weighted by Gasteiger charge is 2.46. The number of nitrogens with one attached hydrogen (secondary N) is 2. The molecule has 1 aliphatic carbocycles. The maximum Gasteiger partial charge on any atom is 0.303 e. The van der Waals surface area contributed by atoms with Gasteiger partial charge in [0.2, 0.25) is 11.6 Å². The number of fused-ring (bicyclic) bond motifs is 8. The van der Waals surface area contributed by atoms with Crippen LogP contribution in [0.1, 0.15) is 124 Å². The second-order valence-electron chi connectivity index (χ2n) is 24.8. The van der Waals surface area contributed by atoms with Crippen molar-refractivity contribution in [3.8, 4) is 5.75 Å². The molecule has 0 saturated heterocycles. The first-order valence-corrected chi connectivity index (χ1v) is 36.1. The third-order valence-corrected chi connectivity index (χ3v) is 21.1. The summed E-state index contributed by atoms with van der Waals surface area (Å²) in [6.45, 7) is 13.7.